The molecule has 0 fully saturated rings. The van der Waals surface area contributed by atoms with Crippen LogP contribution in [-0.2, 0) is 21.4 Å². The van der Waals surface area contributed by atoms with Crippen molar-refractivity contribution in [3.8, 4) is 11.5 Å². The fourth-order valence-electron chi connectivity index (χ4n) is 2.62. The van der Waals surface area contributed by atoms with Crippen LogP contribution in [0.5, 0.6) is 11.5 Å². The summed E-state index contributed by atoms with van der Waals surface area (Å²) in [7, 11) is -1.13. The lowest BCUT2D eigenvalue weighted by Crippen LogP contribution is -2.32. The molecule has 0 bridgehead atoms. The normalized spacial score (nSPS) is 11.1. The first kappa shape index (κ1) is 20.2. The Morgan fingerprint density at radius 3 is 2.34 bits per heavy atom. The topological polar surface area (TPSA) is 109 Å². The molecule has 0 unspecified atom stereocenters. The Morgan fingerprint density at radius 2 is 1.69 bits per heavy atom. The van der Waals surface area contributed by atoms with E-state index in [4.69, 9.17) is 9.47 Å². The van der Waals surface area contributed by atoms with E-state index in [2.05, 4.69) is 5.32 Å². The van der Waals surface area contributed by atoms with Crippen molar-refractivity contribution in [1.29, 1.82) is 0 Å². The van der Waals surface area contributed by atoms with Crippen molar-refractivity contribution in [3.63, 3.8) is 0 Å². The summed E-state index contributed by atoms with van der Waals surface area (Å²) < 4.78 is 37.1. The summed E-state index contributed by atoms with van der Waals surface area (Å²) in [6.45, 7) is -0.346. The zero-order chi connectivity index (χ0) is 21.0. The highest BCUT2D eigenvalue weighted by Crippen LogP contribution is 2.18. The second-order valence-corrected chi connectivity index (χ2v) is 7.78. The van der Waals surface area contributed by atoms with Crippen molar-refractivity contribution >= 4 is 21.6 Å². The van der Waals surface area contributed by atoms with Gasteiger partial charge >= 0.3 is 5.69 Å². The number of hydrogen-bond donors (Lipinski definition) is 1. The monoisotopic (exact) mass is 417 g/mol. The number of amides is 1. The van der Waals surface area contributed by atoms with Gasteiger partial charge in [-0.25, -0.2) is 13.2 Å². The molecule has 1 N–H and O–H groups in total. The number of aromatic nitrogens is 2. The zero-order valence-corrected chi connectivity index (χ0v) is 16.5. The van der Waals surface area contributed by atoms with Gasteiger partial charge in [-0.15, -0.1) is 0 Å². The van der Waals surface area contributed by atoms with Crippen molar-refractivity contribution < 1.29 is 22.7 Å². The Labute approximate surface area is 167 Å². The Morgan fingerprint density at radius 1 is 1.00 bits per heavy atom. The highest BCUT2D eigenvalue weighted by molar-refractivity contribution is 7.90. The summed E-state index contributed by atoms with van der Waals surface area (Å²) in [5, 5.41) is 2.63. The summed E-state index contributed by atoms with van der Waals surface area (Å²) in [5.74, 6) is 0.569. The van der Waals surface area contributed by atoms with E-state index in [1.807, 2.05) is 0 Å². The second kappa shape index (κ2) is 8.23. The van der Waals surface area contributed by atoms with Crippen molar-refractivity contribution in [3.05, 3.63) is 71.4 Å². The average molecular weight is 417 g/mol. The zero-order valence-electron chi connectivity index (χ0n) is 15.7. The molecular formula is C19H19N3O6S. The van der Waals surface area contributed by atoms with Crippen LogP contribution in [0.25, 0.3) is 0 Å². The summed E-state index contributed by atoms with van der Waals surface area (Å²) in [4.78, 5) is 24.7. The number of imidazole rings is 1. The molecule has 1 aromatic heterocycles. The molecular weight excluding hydrogens is 398 g/mol. The molecule has 0 aliphatic rings. The standard InChI is InChI=1S/C19H19N3O6S/c1-27-15-6-8-17(9-7-15)29(25,26)22-11-10-21(19(22)24)13-18(23)20-14-4-3-5-16(12-14)28-2/h3-12H,13H2,1-2H3,(H,20,23). The van der Waals surface area contributed by atoms with Gasteiger partial charge in [0.25, 0.3) is 10.0 Å². The summed E-state index contributed by atoms with van der Waals surface area (Å²) in [6.07, 6.45) is 2.36. The van der Waals surface area contributed by atoms with Gasteiger partial charge in [-0.05, 0) is 36.4 Å². The summed E-state index contributed by atoms with van der Waals surface area (Å²) in [6, 6.07) is 12.4. The molecule has 0 atom stereocenters. The van der Waals surface area contributed by atoms with Crippen LogP contribution in [0, 0.1) is 0 Å². The van der Waals surface area contributed by atoms with Crippen molar-refractivity contribution in [2.45, 2.75) is 11.4 Å². The summed E-state index contributed by atoms with van der Waals surface area (Å²) in [5.41, 5.74) is -0.353. The molecule has 1 amide bonds. The van der Waals surface area contributed by atoms with Crippen LogP contribution >= 0.6 is 0 Å². The number of nitrogens with one attached hydrogen (secondary N) is 1. The first-order valence-corrected chi connectivity index (χ1v) is 9.90. The van der Waals surface area contributed by atoms with E-state index >= 15 is 0 Å². The van der Waals surface area contributed by atoms with E-state index in [0.717, 1.165) is 10.8 Å². The molecule has 9 nitrogen and oxygen atoms in total. The predicted molar refractivity (Wildman–Crippen MR) is 106 cm³/mol. The Balaban J connectivity index is 1.79. The molecule has 0 saturated carbocycles. The van der Waals surface area contributed by atoms with E-state index in [9.17, 15) is 18.0 Å². The second-order valence-electron chi connectivity index (χ2n) is 5.97. The molecule has 0 spiro atoms. The third-order valence-electron chi connectivity index (χ3n) is 4.10. The van der Waals surface area contributed by atoms with E-state index in [1.54, 1.807) is 24.3 Å². The molecule has 3 aromatic rings. The Bertz CT molecular complexity index is 1180. The molecule has 152 valence electrons. The average Bonchev–Trinajstić information content (AvgIpc) is 3.09. The van der Waals surface area contributed by atoms with Crippen molar-refractivity contribution in [2.24, 2.45) is 0 Å². The largest absolute Gasteiger partial charge is 0.497 e. The maximum atomic E-state index is 12.7. The molecule has 0 radical (unpaired) electrons. The van der Waals surface area contributed by atoms with Crippen molar-refractivity contribution in [2.75, 3.05) is 19.5 Å². The van der Waals surface area contributed by atoms with E-state index in [-0.39, 0.29) is 11.4 Å². The van der Waals surface area contributed by atoms with E-state index in [0.29, 0.717) is 21.2 Å². The van der Waals surface area contributed by atoms with E-state index in [1.165, 1.54) is 44.7 Å². The van der Waals surface area contributed by atoms with Gasteiger partial charge in [0.2, 0.25) is 5.91 Å². The first-order chi connectivity index (χ1) is 13.8. The minimum Gasteiger partial charge on any atom is -0.497 e. The van der Waals surface area contributed by atoms with Crippen LogP contribution in [-0.4, -0.2) is 37.1 Å². The van der Waals surface area contributed by atoms with E-state index < -0.39 is 21.6 Å². The van der Waals surface area contributed by atoms with Gasteiger partial charge in [0, 0.05) is 24.1 Å². The molecule has 0 aliphatic heterocycles. The van der Waals surface area contributed by atoms with Crippen molar-refractivity contribution in [1.82, 2.24) is 8.54 Å². The van der Waals surface area contributed by atoms with Crippen LogP contribution in [0.1, 0.15) is 0 Å². The maximum Gasteiger partial charge on any atom is 0.342 e. The Kier molecular flexibility index (Phi) is 5.74. The van der Waals surface area contributed by atoms with Crippen LogP contribution in [0.15, 0.2) is 70.6 Å². The van der Waals surface area contributed by atoms with Gasteiger partial charge in [-0.1, -0.05) is 6.07 Å². The van der Waals surface area contributed by atoms with Crippen LogP contribution in [0.4, 0.5) is 5.69 Å². The quantitative estimate of drug-likeness (QED) is 0.625. The lowest BCUT2D eigenvalue weighted by Gasteiger charge is -2.07. The van der Waals surface area contributed by atoms with Crippen LogP contribution in [0.3, 0.4) is 0 Å². The molecule has 1 heterocycles. The van der Waals surface area contributed by atoms with Gasteiger partial charge in [0.15, 0.2) is 0 Å². The molecule has 29 heavy (non-hydrogen) atoms. The van der Waals surface area contributed by atoms with Gasteiger partial charge < -0.3 is 14.8 Å². The highest BCUT2D eigenvalue weighted by Gasteiger charge is 2.21. The number of anilines is 1. The minimum absolute atomic E-state index is 0.0704. The third kappa shape index (κ3) is 4.32. The number of ether oxygens (including phenoxy) is 2. The molecule has 0 aliphatic carbocycles. The van der Waals surface area contributed by atoms with Gasteiger partial charge in [-0.2, -0.15) is 3.97 Å². The number of methoxy groups -OCH3 is 2. The number of benzene rings is 2. The smallest absolute Gasteiger partial charge is 0.342 e. The minimum atomic E-state index is -4.10. The molecule has 0 saturated heterocycles. The number of hydrogen-bond acceptors (Lipinski definition) is 6. The SMILES string of the molecule is COc1ccc(S(=O)(=O)n2ccn(CC(=O)Nc3cccc(OC)c3)c2=O)cc1. The van der Waals surface area contributed by atoms with Gasteiger partial charge in [0.05, 0.1) is 19.1 Å². The van der Waals surface area contributed by atoms with Gasteiger partial charge in [-0.3, -0.25) is 9.36 Å². The van der Waals surface area contributed by atoms with Crippen LogP contribution in [0.2, 0.25) is 0 Å². The molecule has 3 rings (SSSR count). The lowest BCUT2D eigenvalue weighted by molar-refractivity contribution is -0.116. The van der Waals surface area contributed by atoms with Crippen LogP contribution < -0.4 is 20.5 Å². The highest BCUT2D eigenvalue weighted by atomic mass is 32.2. The number of carbonyl (C=O) groups is 1. The Hall–Kier alpha value is -3.53. The number of nitrogens with zero attached hydrogens (tertiary/aromatic N) is 2. The fourth-order valence-corrected chi connectivity index (χ4v) is 3.85. The summed E-state index contributed by atoms with van der Waals surface area (Å²) >= 11 is 0. The molecule has 2 aromatic carbocycles. The fraction of sp³-hybridized carbons (Fsp3) is 0.158. The van der Waals surface area contributed by atoms with Gasteiger partial charge in [0.1, 0.15) is 18.0 Å². The predicted octanol–water partition coefficient (Wildman–Crippen LogP) is 1.54. The lowest BCUT2D eigenvalue weighted by atomic mass is 10.3. The third-order valence-corrected chi connectivity index (χ3v) is 5.76. The number of rotatable bonds is 7. The molecule has 10 heteroatoms. The maximum absolute atomic E-state index is 12.7. The first-order valence-electron chi connectivity index (χ1n) is 8.46. The number of carbonyl (C=O) groups excluding carboxylic acids is 1.